The lowest BCUT2D eigenvalue weighted by atomic mass is 10.2. The van der Waals surface area contributed by atoms with Gasteiger partial charge in [-0.05, 0) is 29.8 Å². The first-order chi connectivity index (χ1) is 13.6. The first kappa shape index (κ1) is 19.8. The van der Waals surface area contributed by atoms with Crippen molar-refractivity contribution in [2.24, 2.45) is 0 Å². The Labute approximate surface area is 166 Å². The molecule has 1 heterocycles. The minimum Gasteiger partial charge on any atom is -0.493 e. The molecule has 0 spiro atoms. The monoisotopic (exact) mass is 400 g/mol. The van der Waals surface area contributed by atoms with E-state index in [-0.39, 0.29) is 23.8 Å². The summed E-state index contributed by atoms with van der Waals surface area (Å²) in [5.41, 5.74) is 1.26. The Bertz CT molecular complexity index is 1060. The van der Waals surface area contributed by atoms with E-state index in [0.717, 1.165) is 5.56 Å². The van der Waals surface area contributed by atoms with Crippen LogP contribution in [0.15, 0.2) is 52.4 Å². The van der Waals surface area contributed by atoms with Crippen LogP contribution in [-0.2, 0) is 16.1 Å². The molecule has 0 amide bonds. The van der Waals surface area contributed by atoms with Gasteiger partial charge in [0.15, 0.2) is 16.7 Å². The zero-order chi connectivity index (χ0) is 20.1. The number of hydrogen-bond donors (Lipinski definition) is 0. The van der Waals surface area contributed by atoms with E-state index < -0.39 is 0 Å². The molecule has 146 valence electrons. The Morgan fingerprint density at radius 2 is 1.82 bits per heavy atom. The second kappa shape index (κ2) is 8.79. The first-order valence-corrected chi connectivity index (χ1v) is 9.46. The highest BCUT2D eigenvalue weighted by Crippen LogP contribution is 2.28. The summed E-state index contributed by atoms with van der Waals surface area (Å²) in [7, 11) is 4.45. The van der Waals surface area contributed by atoms with Crippen LogP contribution in [0.25, 0.3) is 10.9 Å². The fourth-order valence-corrected chi connectivity index (χ4v) is 3.57. The molecular weight excluding hydrogens is 380 g/mol. The summed E-state index contributed by atoms with van der Waals surface area (Å²) in [5.74, 6) is 0.860. The van der Waals surface area contributed by atoms with E-state index in [0.29, 0.717) is 27.6 Å². The lowest BCUT2D eigenvalue weighted by Gasteiger charge is -2.14. The predicted molar refractivity (Wildman–Crippen MR) is 107 cm³/mol. The van der Waals surface area contributed by atoms with Crippen LogP contribution in [0.1, 0.15) is 5.56 Å². The van der Waals surface area contributed by atoms with E-state index >= 15 is 0 Å². The van der Waals surface area contributed by atoms with Gasteiger partial charge in [-0.1, -0.05) is 30.0 Å². The number of carbonyl (C=O) groups excluding carboxylic acids is 1. The van der Waals surface area contributed by atoms with Crippen molar-refractivity contribution in [3.63, 3.8) is 0 Å². The topological polar surface area (TPSA) is 79.7 Å². The third kappa shape index (κ3) is 4.12. The maximum absolute atomic E-state index is 13.1. The summed E-state index contributed by atoms with van der Waals surface area (Å²) in [6, 6.07) is 12.6. The molecule has 3 rings (SSSR count). The number of nitrogens with zero attached hydrogens (tertiary/aromatic N) is 2. The van der Waals surface area contributed by atoms with Crippen LogP contribution in [0.3, 0.4) is 0 Å². The van der Waals surface area contributed by atoms with Crippen LogP contribution < -0.4 is 15.0 Å². The standard InChI is InChI=1S/C20H20N2O5S/c1-25-16-9-8-13(10-17(16)26-2)11-22-19(24)14-6-4-5-7-15(14)21-20(22)28-12-18(23)27-3/h4-10H,11-12H2,1-3H3. The van der Waals surface area contributed by atoms with Crippen molar-refractivity contribution in [2.75, 3.05) is 27.1 Å². The quantitative estimate of drug-likeness (QED) is 0.343. The highest BCUT2D eigenvalue weighted by molar-refractivity contribution is 7.99. The van der Waals surface area contributed by atoms with Crippen molar-refractivity contribution in [2.45, 2.75) is 11.7 Å². The van der Waals surface area contributed by atoms with Crippen LogP contribution in [0.4, 0.5) is 0 Å². The lowest BCUT2D eigenvalue weighted by molar-refractivity contribution is -0.137. The van der Waals surface area contributed by atoms with Gasteiger partial charge >= 0.3 is 5.97 Å². The number of carbonyl (C=O) groups is 1. The molecule has 0 bridgehead atoms. The van der Waals surface area contributed by atoms with Gasteiger partial charge in [0.25, 0.3) is 5.56 Å². The molecule has 3 aromatic rings. The minimum absolute atomic E-state index is 0.0627. The van der Waals surface area contributed by atoms with Gasteiger partial charge < -0.3 is 14.2 Å². The SMILES string of the molecule is COC(=O)CSc1nc2ccccc2c(=O)n1Cc1ccc(OC)c(OC)c1. The molecule has 0 unspecified atom stereocenters. The molecule has 0 radical (unpaired) electrons. The van der Waals surface area contributed by atoms with Gasteiger partial charge in [-0.15, -0.1) is 0 Å². The van der Waals surface area contributed by atoms with Crippen molar-refractivity contribution in [1.82, 2.24) is 9.55 Å². The Hall–Kier alpha value is -3.00. The summed E-state index contributed by atoms with van der Waals surface area (Å²) in [4.78, 5) is 29.2. The number of hydrogen-bond acceptors (Lipinski definition) is 7. The number of ether oxygens (including phenoxy) is 3. The smallest absolute Gasteiger partial charge is 0.316 e. The van der Waals surface area contributed by atoms with E-state index in [2.05, 4.69) is 4.98 Å². The lowest BCUT2D eigenvalue weighted by Crippen LogP contribution is -2.24. The van der Waals surface area contributed by atoms with Crippen LogP contribution in [0.5, 0.6) is 11.5 Å². The van der Waals surface area contributed by atoms with Crippen LogP contribution in [0.2, 0.25) is 0 Å². The largest absolute Gasteiger partial charge is 0.493 e. The molecule has 0 saturated carbocycles. The fraction of sp³-hybridized carbons (Fsp3) is 0.250. The van der Waals surface area contributed by atoms with Crippen LogP contribution in [-0.4, -0.2) is 42.6 Å². The number of para-hydroxylation sites is 1. The van der Waals surface area contributed by atoms with E-state index in [1.807, 2.05) is 18.2 Å². The Morgan fingerprint density at radius 3 is 2.54 bits per heavy atom. The molecule has 0 N–H and O–H groups in total. The van der Waals surface area contributed by atoms with Crippen molar-refractivity contribution in [1.29, 1.82) is 0 Å². The van der Waals surface area contributed by atoms with Crippen molar-refractivity contribution >= 4 is 28.6 Å². The Morgan fingerprint density at radius 1 is 1.07 bits per heavy atom. The second-order valence-corrected chi connectivity index (χ2v) is 6.80. The number of fused-ring (bicyclic) bond motifs is 1. The molecule has 0 aliphatic carbocycles. The second-order valence-electron chi connectivity index (χ2n) is 5.86. The highest BCUT2D eigenvalue weighted by Gasteiger charge is 2.15. The van der Waals surface area contributed by atoms with Gasteiger partial charge in [-0.3, -0.25) is 14.2 Å². The van der Waals surface area contributed by atoms with Gasteiger partial charge in [0.1, 0.15) is 0 Å². The Balaban J connectivity index is 2.06. The van der Waals surface area contributed by atoms with Crippen LogP contribution in [0, 0.1) is 0 Å². The van der Waals surface area contributed by atoms with Crippen molar-refractivity contribution < 1.29 is 19.0 Å². The third-order valence-corrected chi connectivity index (χ3v) is 5.11. The van der Waals surface area contributed by atoms with E-state index in [4.69, 9.17) is 14.2 Å². The van der Waals surface area contributed by atoms with Gasteiger partial charge in [0.05, 0.1) is 44.5 Å². The molecule has 2 aromatic carbocycles. The number of esters is 1. The maximum atomic E-state index is 13.1. The summed E-state index contributed by atoms with van der Waals surface area (Å²) in [6.45, 7) is 0.278. The molecule has 0 aliphatic rings. The molecule has 0 saturated heterocycles. The molecule has 8 heteroatoms. The van der Waals surface area contributed by atoms with Gasteiger partial charge in [0, 0.05) is 0 Å². The van der Waals surface area contributed by atoms with Crippen LogP contribution >= 0.6 is 11.8 Å². The summed E-state index contributed by atoms with van der Waals surface area (Å²) >= 11 is 1.17. The summed E-state index contributed by atoms with van der Waals surface area (Å²) in [5, 5.41) is 0.967. The molecule has 7 nitrogen and oxygen atoms in total. The maximum Gasteiger partial charge on any atom is 0.316 e. The summed E-state index contributed by atoms with van der Waals surface area (Å²) in [6.07, 6.45) is 0. The molecule has 28 heavy (non-hydrogen) atoms. The first-order valence-electron chi connectivity index (χ1n) is 8.47. The molecule has 0 aliphatic heterocycles. The number of methoxy groups -OCH3 is 3. The highest BCUT2D eigenvalue weighted by atomic mass is 32.2. The molecule has 0 atom stereocenters. The average Bonchev–Trinajstić information content (AvgIpc) is 2.74. The van der Waals surface area contributed by atoms with Crippen molar-refractivity contribution in [3.8, 4) is 11.5 Å². The minimum atomic E-state index is -0.384. The van der Waals surface area contributed by atoms with E-state index in [1.54, 1.807) is 43.1 Å². The van der Waals surface area contributed by atoms with Gasteiger partial charge in [0.2, 0.25) is 0 Å². The normalized spacial score (nSPS) is 10.7. The number of aromatic nitrogens is 2. The molecular formula is C20H20N2O5S. The van der Waals surface area contributed by atoms with Gasteiger partial charge in [-0.25, -0.2) is 4.98 Å². The van der Waals surface area contributed by atoms with E-state index in [1.165, 1.54) is 18.9 Å². The number of rotatable bonds is 7. The van der Waals surface area contributed by atoms with Gasteiger partial charge in [-0.2, -0.15) is 0 Å². The average molecular weight is 400 g/mol. The number of benzene rings is 2. The molecule has 0 fully saturated rings. The fourth-order valence-electron chi connectivity index (χ4n) is 2.74. The zero-order valence-electron chi connectivity index (χ0n) is 15.8. The van der Waals surface area contributed by atoms with Crippen molar-refractivity contribution in [3.05, 3.63) is 58.4 Å². The molecule has 1 aromatic heterocycles. The summed E-state index contributed by atoms with van der Waals surface area (Å²) < 4.78 is 16.9. The predicted octanol–water partition coefficient (Wildman–Crippen LogP) is 2.73. The zero-order valence-corrected chi connectivity index (χ0v) is 16.6. The van der Waals surface area contributed by atoms with E-state index in [9.17, 15) is 9.59 Å². The number of thioether (sulfide) groups is 1. The third-order valence-electron chi connectivity index (χ3n) is 4.16. The Kier molecular flexibility index (Phi) is 6.20.